The fourth-order valence-corrected chi connectivity index (χ4v) is 1.71. The Labute approximate surface area is 109 Å². The first-order chi connectivity index (χ1) is 8.49. The molecule has 0 radical (unpaired) electrons. The van der Waals surface area contributed by atoms with E-state index in [-0.39, 0.29) is 10.6 Å². The third kappa shape index (κ3) is 5.27. The van der Waals surface area contributed by atoms with Crippen LogP contribution < -0.4 is 5.32 Å². The van der Waals surface area contributed by atoms with Crippen molar-refractivity contribution in [2.24, 2.45) is 5.92 Å². The summed E-state index contributed by atoms with van der Waals surface area (Å²) in [5, 5.41) is 14.0. The molecule has 1 aromatic carbocycles. The Bertz CT molecular complexity index is 374. The zero-order valence-corrected chi connectivity index (χ0v) is 11.3. The van der Waals surface area contributed by atoms with Crippen LogP contribution in [0, 0.1) is 16.0 Å². The van der Waals surface area contributed by atoms with Crippen molar-refractivity contribution >= 4 is 5.69 Å². The lowest BCUT2D eigenvalue weighted by molar-refractivity contribution is -0.384. The van der Waals surface area contributed by atoms with E-state index in [1.165, 1.54) is 6.42 Å². The molecular weight excluding hydrogens is 228 g/mol. The van der Waals surface area contributed by atoms with Crippen molar-refractivity contribution in [3.05, 3.63) is 39.9 Å². The molecule has 0 aliphatic rings. The molecule has 0 aromatic heterocycles. The average Bonchev–Trinajstić information content (AvgIpc) is 2.34. The minimum atomic E-state index is -0.373. The highest BCUT2D eigenvalue weighted by atomic mass is 16.6. The molecule has 4 nitrogen and oxygen atoms in total. The molecule has 0 saturated carbocycles. The van der Waals surface area contributed by atoms with Crippen LogP contribution >= 0.6 is 0 Å². The lowest BCUT2D eigenvalue weighted by atomic mass is 10.0. The van der Waals surface area contributed by atoms with E-state index in [2.05, 4.69) is 26.1 Å². The van der Waals surface area contributed by atoms with Gasteiger partial charge in [0.1, 0.15) is 0 Å². The summed E-state index contributed by atoms with van der Waals surface area (Å²) in [6.45, 7) is 7.39. The third-order valence-corrected chi connectivity index (χ3v) is 2.98. The Kier molecular flexibility index (Phi) is 5.78. The van der Waals surface area contributed by atoms with Crippen LogP contribution in [0.3, 0.4) is 0 Å². The molecule has 0 aliphatic heterocycles. The SMILES string of the molecule is CC(C)CCC(C)NCc1ccc([N+](=O)[O-])cc1. The molecule has 1 atom stereocenters. The van der Waals surface area contributed by atoms with Crippen molar-refractivity contribution in [1.82, 2.24) is 5.32 Å². The number of hydrogen-bond acceptors (Lipinski definition) is 3. The molecular formula is C14H22N2O2. The number of nitrogens with one attached hydrogen (secondary N) is 1. The first-order valence-electron chi connectivity index (χ1n) is 6.45. The van der Waals surface area contributed by atoms with Gasteiger partial charge >= 0.3 is 0 Å². The molecule has 0 aliphatic carbocycles. The molecule has 0 saturated heterocycles. The van der Waals surface area contributed by atoms with Gasteiger partial charge in [-0.05, 0) is 31.2 Å². The summed E-state index contributed by atoms with van der Waals surface area (Å²) in [6.07, 6.45) is 2.37. The monoisotopic (exact) mass is 250 g/mol. The maximum atomic E-state index is 10.5. The molecule has 0 heterocycles. The standard InChI is InChI=1S/C14H22N2O2/c1-11(2)4-5-12(3)15-10-13-6-8-14(9-7-13)16(17)18/h6-9,11-12,15H,4-5,10H2,1-3H3. The van der Waals surface area contributed by atoms with Gasteiger partial charge in [-0.25, -0.2) is 0 Å². The Morgan fingerprint density at radius 3 is 2.28 bits per heavy atom. The summed E-state index contributed by atoms with van der Waals surface area (Å²) < 4.78 is 0. The van der Waals surface area contributed by atoms with E-state index in [1.54, 1.807) is 24.3 Å². The smallest absolute Gasteiger partial charge is 0.269 e. The van der Waals surface area contributed by atoms with Gasteiger partial charge in [0, 0.05) is 24.7 Å². The zero-order chi connectivity index (χ0) is 13.5. The van der Waals surface area contributed by atoms with Crippen molar-refractivity contribution < 1.29 is 4.92 Å². The van der Waals surface area contributed by atoms with E-state index in [0.717, 1.165) is 24.4 Å². The zero-order valence-electron chi connectivity index (χ0n) is 11.3. The number of benzene rings is 1. The first kappa shape index (κ1) is 14.6. The predicted molar refractivity (Wildman–Crippen MR) is 73.5 cm³/mol. The average molecular weight is 250 g/mol. The van der Waals surface area contributed by atoms with Gasteiger partial charge in [0.05, 0.1) is 4.92 Å². The largest absolute Gasteiger partial charge is 0.310 e. The van der Waals surface area contributed by atoms with E-state index in [0.29, 0.717) is 6.04 Å². The van der Waals surface area contributed by atoms with Gasteiger partial charge in [0.25, 0.3) is 5.69 Å². The van der Waals surface area contributed by atoms with Gasteiger partial charge in [0.2, 0.25) is 0 Å². The van der Waals surface area contributed by atoms with Gasteiger partial charge in [-0.15, -0.1) is 0 Å². The van der Waals surface area contributed by atoms with Gasteiger partial charge in [-0.1, -0.05) is 26.0 Å². The van der Waals surface area contributed by atoms with E-state index in [1.807, 2.05) is 0 Å². The fraction of sp³-hybridized carbons (Fsp3) is 0.571. The highest BCUT2D eigenvalue weighted by Gasteiger charge is 2.06. The third-order valence-electron chi connectivity index (χ3n) is 2.98. The summed E-state index contributed by atoms with van der Waals surface area (Å²) in [7, 11) is 0. The lowest BCUT2D eigenvalue weighted by Crippen LogP contribution is -2.25. The van der Waals surface area contributed by atoms with Crippen LogP contribution in [-0.2, 0) is 6.54 Å². The van der Waals surface area contributed by atoms with E-state index < -0.39 is 0 Å². The van der Waals surface area contributed by atoms with E-state index in [9.17, 15) is 10.1 Å². The molecule has 0 bridgehead atoms. The van der Waals surface area contributed by atoms with Crippen LogP contribution in [0.25, 0.3) is 0 Å². The Hall–Kier alpha value is -1.42. The predicted octanol–water partition coefficient (Wildman–Crippen LogP) is 3.51. The minimum Gasteiger partial charge on any atom is -0.310 e. The van der Waals surface area contributed by atoms with Crippen molar-refractivity contribution in [3.8, 4) is 0 Å². The first-order valence-corrected chi connectivity index (χ1v) is 6.45. The number of nitro benzene ring substituents is 1. The summed E-state index contributed by atoms with van der Waals surface area (Å²) in [5.41, 5.74) is 1.23. The number of nitrogens with zero attached hydrogens (tertiary/aromatic N) is 1. The van der Waals surface area contributed by atoms with Crippen LogP contribution in [0.1, 0.15) is 39.2 Å². The number of nitro groups is 1. The highest BCUT2D eigenvalue weighted by Crippen LogP contribution is 2.12. The van der Waals surface area contributed by atoms with E-state index in [4.69, 9.17) is 0 Å². The topological polar surface area (TPSA) is 55.2 Å². The molecule has 0 fully saturated rings. The van der Waals surface area contributed by atoms with Gasteiger partial charge < -0.3 is 5.32 Å². The fourth-order valence-electron chi connectivity index (χ4n) is 1.71. The number of non-ortho nitro benzene ring substituents is 1. The molecule has 1 aromatic rings. The lowest BCUT2D eigenvalue weighted by Gasteiger charge is -2.14. The molecule has 18 heavy (non-hydrogen) atoms. The van der Waals surface area contributed by atoms with Crippen molar-refractivity contribution in [3.63, 3.8) is 0 Å². The Balaban J connectivity index is 2.36. The second-order valence-corrected chi connectivity index (χ2v) is 5.18. The Morgan fingerprint density at radius 1 is 1.17 bits per heavy atom. The summed E-state index contributed by atoms with van der Waals surface area (Å²) >= 11 is 0. The van der Waals surface area contributed by atoms with E-state index >= 15 is 0 Å². The summed E-state index contributed by atoms with van der Waals surface area (Å²) in [5.74, 6) is 0.730. The van der Waals surface area contributed by atoms with Crippen LogP contribution in [0.2, 0.25) is 0 Å². The minimum absolute atomic E-state index is 0.145. The van der Waals surface area contributed by atoms with Crippen LogP contribution in [0.15, 0.2) is 24.3 Å². The number of hydrogen-bond donors (Lipinski definition) is 1. The number of rotatable bonds is 7. The van der Waals surface area contributed by atoms with Crippen LogP contribution in [-0.4, -0.2) is 11.0 Å². The van der Waals surface area contributed by atoms with Crippen LogP contribution in [0.5, 0.6) is 0 Å². The molecule has 1 N–H and O–H groups in total. The van der Waals surface area contributed by atoms with Crippen LogP contribution in [0.4, 0.5) is 5.69 Å². The van der Waals surface area contributed by atoms with Gasteiger partial charge in [0.15, 0.2) is 0 Å². The molecule has 100 valence electrons. The van der Waals surface area contributed by atoms with Crippen molar-refractivity contribution in [2.75, 3.05) is 0 Å². The normalized spacial score (nSPS) is 12.7. The maximum Gasteiger partial charge on any atom is 0.269 e. The molecule has 4 heteroatoms. The molecule has 0 spiro atoms. The quantitative estimate of drug-likeness (QED) is 0.595. The van der Waals surface area contributed by atoms with Crippen molar-refractivity contribution in [2.45, 2.75) is 46.2 Å². The summed E-state index contributed by atoms with van der Waals surface area (Å²) in [4.78, 5) is 10.1. The highest BCUT2D eigenvalue weighted by molar-refractivity contribution is 5.32. The van der Waals surface area contributed by atoms with Gasteiger partial charge in [-0.2, -0.15) is 0 Å². The molecule has 1 unspecified atom stereocenters. The second kappa shape index (κ2) is 7.11. The molecule has 0 amide bonds. The Morgan fingerprint density at radius 2 is 1.78 bits per heavy atom. The molecule has 1 rings (SSSR count). The van der Waals surface area contributed by atoms with Gasteiger partial charge in [-0.3, -0.25) is 10.1 Å². The summed E-state index contributed by atoms with van der Waals surface area (Å²) in [6, 6.07) is 7.19. The maximum absolute atomic E-state index is 10.5. The second-order valence-electron chi connectivity index (χ2n) is 5.18. The van der Waals surface area contributed by atoms with Crippen molar-refractivity contribution in [1.29, 1.82) is 0 Å².